The third-order valence-corrected chi connectivity index (χ3v) is 6.97. The molecule has 42 heavy (non-hydrogen) atoms. The number of ether oxygens (including phenoxy) is 3. The number of amides is 1. The van der Waals surface area contributed by atoms with E-state index < -0.39 is 23.1 Å². The summed E-state index contributed by atoms with van der Waals surface area (Å²) in [5.74, 6) is -1.24. The summed E-state index contributed by atoms with van der Waals surface area (Å²) in [5.41, 5.74) is 2.43. The maximum atomic E-state index is 15.2. The van der Waals surface area contributed by atoms with Crippen molar-refractivity contribution in [1.82, 2.24) is 14.5 Å². The molecule has 0 saturated heterocycles. The molecule has 0 fully saturated rings. The predicted molar refractivity (Wildman–Crippen MR) is 153 cm³/mol. The molecule has 0 spiro atoms. The lowest BCUT2D eigenvalue weighted by Gasteiger charge is -2.18. The molecule has 5 aromatic rings. The number of nitrogens with zero attached hydrogens (tertiary/aromatic N) is 3. The quantitative estimate of drug-likeness (QED) is 0.253. The minimum atomic E-state index is -0.765. The number of carbonyl (C=O) groups is 1. The fourth-order valence-electron chi connectivity index (χ4n) is 4.58. The van der Waals surface area contributed by atoms with Gasteiger partial charge in [0.2, 0.25) is 0 Å². The minimum absolute atomic E-state index is 0.109. The van der Waals surface area contributed by atoms with Crippen LogP contribution in [0.15, 0.2) is 65.6 Å². The van der Waals surface area contributed by atoms with Gasteiger partial charge in [-0.25, -0.2) is 13.8 Å². The van der Waals surface area contributed by atoms with E-state index in [1.54, 1.807) is 26.8 Å². The number of rotatable bonds is 7. The van der Waals surface area contributed by atoms with Crippen molar-refractivity contribution >= 4 is 22.6 Å². The van der Waals surface area contributed by atoms with E-state index >= 15 is 4.39 Å². The second-order valence-corrected chi connectivity index (χ2v) is 9.41. The fourth-order valence-corrected chi connectivity index (χ4v) is 4.58. The van der Waals surface area contributed by atoms with Gasteiger partial charge in [0.05, 0.1) is 19.7 Å². The average molecular weight is 573 g/mol. The zero-order valence-corrected chi connectivity index (χ0v) is 23.4. The van der Waals surface area contributed by atoms with Crippen molar-refractivity contribution in [2.75, 3.05) is 19.5 Å². The summed E-state index contributed by atoms with van der Waals surface area (Å²) >= 11 is 0. The Bertz CT molecular complexity index is 1910. The van der Waals surface area contributed by atoms with Crippen molar-refractivity contribution in [3.05, 3.63) is 105 Å². The molecular formula is C31H26F2N4O5. The highest BCUT2D eigenvalue weighted by atomic mass is 19.1. The smallest absolute Gasteiger partial charge is 0.268 e. The molecule has 0 aliphatic rings. The molecule has 0 unspecified atom stereocenters. The SMILES string of the molecule is COc1cc2nccc(Oc3ccc(NC(=O)c4c(C)c(C)c(C)n(-c5ccc(F)cc5)c4=O)cc3F)c2nc1OC. The molecule has 1 N–H and O–H groups in total. The first-order valence-corrected chi connectivity index (χ1v) is 12.8. The van der Waals surface area contributed by atoms with Crippen LogP contribution in [0.5, 0.6) is 23.1 Å². The van der Waals surface area contributed by atoms with Gasteiger partial charge in [-0.05, 0) is 68.3 Å². The summed E-state index contributed by atoms with van der Waals surface area (Å²) < 4.78 is 46.4. The number of nitrogens with one attached hydrogen (secondary N) is 1. The van der Waals surface area contributed by atoms with Crippen molar-refractivity contribution in [3.8, 4) is 28.8 Å². The number of methoxy groups -OCH3 is 2. The topological polar surface area (TPSA) is 105 Å². The molecule has 214 valence electrons. The molecule has 2 aromatic carbocycles. The second-order valence-electron chi connectivity index (χ2n) is 9.41. The van der Waals surface area contributed by atoms with Crippen LogP contribution in [0.25, 0.3) is 16.7 Å². The van der Waals surface area contributed by atoms with Crippen LogP contribution >= 0.6 is 0 Å². The van der Waals surface area contributed by atoms with Gasteiger partial charge in [-0.2, -0.15) is 0 Å². The van der Waals surface area contributed by atoms with Gasteiger partial charge in [0.25, 0.3) is 17.3 Å². The highest BCUT2D eigenvalue weighted by Gasteiger charge is 2.22. The van der Waals surface area contributed by atoms with E-state index in [0.717, 1.165) is 6.07 Å². The van der Waals surface area contributed by atoms with Crippen LogP contribution in [-0.4, -0.2) is 34.7 Å². The molecule has 9 nitrogen and oxygen atoms in total. The molecule has 11 heteroatoms. The van der Waals surface area contributed by atoms with Crippen LogP contribution in [0.3, 0.4) is 0 Å². The van der Waals surface area contributed by atoms with Crippen LogP contribution in [0.1, 0.15) is 27.2 Å². The molecule has 3 heterocycles. The van der Waals surface area contributed by atoms with Crippen LogP contribution in [0.4, 0.5) is 14.5 Å². The lowest BCUT2D eigenvalue weighted by Crippen LogP contribution is -2.32. The highest BCUT2D eigenvalue weighted by Crippen LogP contribution is 2.35. The van der Waals surface area contributed by atoms with E-state index in [0.29, 0.717) is 39.3 Å². The van der Waals surface area contributed by atoms with Gasteiger partial charge in [0.15, 0.2) is 23.1 Å². The summed E-state index contributed by atoms with van der Waals surface area (Å²) in [6.07, 6.45) is 1.49. The molecule has 0 atom stereocenters. The largest absolute Gasteiger partial charge is 0.491 e. The summed E-state index contributed by atoms with van der Waals surface area (Å²) in [6.45, 7) is 5.20. The van der Waals surface area contributed by atoms with E-state index in [1.807, 2.05) is 0 Å². The maximum absolute atomic E-state index is 15.2. The van der Waals surface area contributed by atoms with Gasteiger partial charge in [0, 0.05) is 41.5 Å². The fraction of sp³-hybridized carbons (Fsp3) is 0.161. The van der Waals surface area contributed by atoms with Crippen molar-refractivity contribution in [2.45, 2.75) is 20.8 Å². The number of benzene rings is 2. The zero-order valence-electron chi connectivity index (χ0n) is 23.4. The highest BCUT2D eigenvalue weighted by molar-refractivity contribution is 6.05. The van der Waals surface area contributed by atoms with E-state index in [2.05, 4.69) is 15.3 Å². The van der Waals surface area contributed by atoms with Crippen molar-refractivity contribution in [3.63, 3.8) is 0 Å². The number of fused-ring (bicyclic) bond motifs is 1. The first-order valence-electron chi connectivity index (χ1n) is 12.8. The lowest BCUT2D eigenvalue weighted by atomic mass is 10.0. The third kappa shape index (κ3) is 5.12. The molecule has 0 radical (unpaired) electrons. The van der Waals surface area contributed by atoms with Crippen molar-refractivity contribution in [2.24, 2.45) is 0 Å². The number of aromatic nitrogens is 3. The second kappa shape index (κ2) is 11.3. The standard InChI is InChI=1S/C31H26F2N4O5/c1-16-17(2)27(31(39)37(18(16)3)21-9-6-19(32)7-10-21)29(38)35-20-8-11-24(22(33)14-20)42-25-12-13-34-23-15-26(40-4)30(41-5)36-28(23)25/h6-15H,1-5H3,(H,35,38). The molecule has 0 saturated carbocycles. The van der Waals surface area contributed by atoms with E-state index in [1.165, 1.54) is 67.4 Å². The number of carbonyl (C=O) groups excluding carboxylic acids is 1. The Balaban J connectivity index is 1.45. The Labute approximate surface area is 239 Å². The molecule has 5 rings (SSSR count). The Morgan fingerprint density at radius 1 is 0.881 bits per heavy atom. The van der Waals surface area contributed by atoms with Gasteiger partial charge in [0.1, 0.15) is 16.9 Å². The predicted octanol–water partition coefficient (Wildman–Crippen LogP) is 6.05. The van der Waals surface area contributed by atoms with Crippen molar-refractivity contribution in [1.29, 1.82) is 0 Å². The number of halogens is 2. The molecule has 0 bridgehead atoms. The normalized spacial score (nSPS) is 10.9. The summed E-state index contributed by atoms with van der Waals surface area (Å²) in [7, 11) is 2.92. The van der Waals surface area contributed by atoms with E-state index in [9.17, 15) is 14.0 Å². The minimum Gasteiger partial charge on any atom is -0.491 e. The number of pyridine rings is 3. The molecule has 0 aliphatic carbocycles. The van der Waals surface area contributed by atoms with Crippen LogP contribution in [0.2, 0.25) is 0 Å². The first kappa shape index (κ1) is 28.2. The third-order valence-electron chi connectivity index (χ3n) is 6.97. The molecule has 3 aromatic heterocycles. The molecular weight excluding hydrogens is 546 g/mol. The van der Waals surface area contributed by atoms with Crippen LogP contribution in [0, 0.1) is 32.4 Å². The average Bonchev–Trinajstić information content (AvgIpc) is 2.98. The van der Waals surface area contributed by atoms with Crippen molar-refractivity contribution < 1.29 is 27.8 Å². The van der Waals surface area contributed by atoms with Gasteiger partial charge in [-0.1, -0.05) is 0 Å². The first-order chi connectivity index (χ1) is 20.1. The Morgan fingerprint density at radius 3 is 2.29 bits per heavy atom. The van der Waals surface area contributed by atoms with Gasteiger partial charge in [-0.15, -0.1) is 0 Å². The van der Waals surface area contributed by atoms with Gasteiger partial charge in [-0.3, -0.25) is 19.1 Å². The summed E-state index contributed by atoms with van der Waals surface area (Å²) in [5, 5.41) is 2.60. The maximum Gasteiger partial charge on any atom is 0.268 e. The number of hydrogen-bond acceptors (Lipinski definition) is 7. The zero-order chi connectivity index (χ0) is 30.1. The number of hydrogen-bond donors (Lipinski definition) is 1. The Morgan fingerprint density at radius 2 is 1.62 bits per heavy atom. The molecule has 1 amide bonds. The molecule has 0 aliphatic heterocycles. The van der Waals surface area contributed by atoms with Gasteiger partial charge < -0.3 is 19.5 Å². The number of anilines is 1. The summed E-state index contributed by atoms with van der Waals surface area (Å²) in [6, 6.07) is 12.4. The lowest BCUT2D eigenvalue weighted by molar-refractivity contribution is 0.102. The monoisotopic (exact) mass is 572 g/mol. The summed E-state index contributed by atoms with van der Waals surface area (Å²) in [4.78, 5) is 35.4. The Kier molecular flexibility index (Phi) is 7.58. The van der Waals surface area contributed by atoms with Crippen LogP contribution in [-0.2, 0) is 0 Å². The van der Waals surface area contributed by atoms with Crippen LogP contribution < -0.4 is 25.1 Å². The Hall–Kier alpha value is -5.32. The van der Waals surface area contributed by atoms with E-state index in [4.69, 9.17) is 14.2 Å². The van der Waals surface area contributed by atoms with Gasteiger partial charge >= 0.3 is 0 Å². The van der Waals surface area contributed by atoms with E-state index in [-0.39, 0.29) is 28.6 Å².